The fourth-order valence-electron chi connectivity index (χ4n) is 2.32. The van der Waals surface area contributed by atoms with Crippen LogP contribution < -0.4 is 10.5 Å². The molecule has 4 heteroatoms. The van der Waals surface area contributed by atoms with Crippen LogP contribution in [0.3, 0.4) is 0 Å². The summed E-state index contributed by atoms with van der Waals surface area (Å²) in [6.07, 6.45) is 0.275. The van der Waals surface area contributed by atoms with E-state index in [9.17, 15) is 9.90 Å². The van der Waals surface area contributed by atoms with E-state index in [4.69, 9.17) is 10.5 Å². The summed E-state index contributed by atoms with van der Waals surface area (Å²) in [6, 6.07) is 15.2. The van der Waals surface area contributed by atoms with Crippen LogP contribution in [0.15, 0.2) is 48.5 Å². The largest absolute Gasteiger partial charge is 0.496 e. The summed E-state index contributed by atoms with van der Waals surface area (Å²) in [5.41, 5.74) is 7.05. The summed E-state index contributed by atoms with van der Waals surface area (Å²) in [4.78, 5) is 11.6. The number of rotatable bonds is 5. The molecule has 0 bridgehead atoms. The predicted octanol–water partition coefficient (Wildman–Crippen LogP) is 3.01. The van der Waals surface area contributed by atoms with Gasteiger partial charge in [0.2, 0.25) is 0 Å². The van der Waals surface area contributed by atoms with E-state index in [2.05, 4.69) is 0 Å². The molecule has 0 spiro atoms. The first kappa shape index (κ1) is 15.1. The van der Waals surface area contributed by atoms with Crippen molar-refractivity contribution >= 4 is 5.97 Å². The second-order valence-electron chi connectivity index (χ2n) is 4.91. The van der Waals surface area contributed by atoms with Gasteiger partial charge in [-0.15, -0.1) is 0 Å². The molecule has 0 amide bonds. The molecule has 4 nitrogen and oxygen atoms in total. The van der Waals surface area contributed by atoms with Gasteiger partial charge in [-0.3, -0.25) is 0 Å². The Kier molecular flexibility index (Phi) is 4.29. The molecule has 2 aromatic carbocycles. The van der Waals surface area contributed by atoms with Crippen LogP contribution in [-0.2, 0) is 10.3 Å². The van der Waals surface area contributed by atoms with Gasteiger partial charge >= 0.3 is 5.97 Å². The number of methoxy groups -OCH3 is 1. The lowest BCUT2D eigenvalue weighted by Crippen LogP contribution is -2.44. The van der Waals surface area contributed by atoms with Crippen molar-refractivity contribution in [2.24, 2.45) is 5.73 Å². The maximum Gasteiger partial charge on any atom is 0.328 e. The minimum absolute atomic E-state index is 0.275. The molecule has 1 atom stereocenters. The summed E-state index contributed by atoms with van der Waals surface area (Å²) in [5, 5.41) is 9.49. The maximum absolute atomic E-state index is 11.6. The van der Waals surface area contributed by atoms with E-state index in [1.54, 1.807) is 19.1 Å². The molecule has 0 saturated carbocycles. The molecule has 0 aliphatic rings. The van der Waals surface area contributed by atoms with Crippen molar-refractivity contribution in [3.05, 3.63) is 54.1 Å². The third kappa shape index (κ3) is 2.76. The van der Waals surface area contributed by atoms with Crippen LogP contribution in [0.25, 0.3) is 11.1 Å². The highest BCUT2D eigenvalue weighted by Gasteiger charge is 2.37. The minimum Gasteiger partial charge on any atom is -0.496 e. The smallest absolute Gasteiger partial charge is 0.328 e. The van der Waals surface area contributed by atoms with Crippen LogP contribution in [0.2, 0.25) is 0 Å². The third-order valence-corrected chi connectivity index (χ3v) is 3.73. The van der Waals surface area contributed by atoms with E-state index < -0.39 is 11.5 Å². The Balaban J connectivity index is 2.61. The van der Waals surface area contributed by atoms with Gasteiger partial charge in [0.25, 0.3) is 0 Å². The average Bonchev–Trinajstić information content (AvgIpc) is 2.54. The van der Waals surface area contributed by atoms with Gasteiger partial charge in [0.1, 0.15) is 11.3 Å². The quantitative estimate of drug-likeness (QED) is 0.885. The number of carbonyl (C=O) groups is 1. The van der Waals surface area contributed by atoms with Crippen LogP contribution in [-0.4, -0.2) is 18.2 Å². The van der Waals surface area contributed by atoms with Gasteiger partial charge in [-0.25, -0.2) is 4.79 Å². The Bertz CT molecular complexity index is 640. The molecule has 110 valence electrons. The molecule has 0 aliphatic heterocycles. The Morgan fingerprint density at radius 3 is 2.38 bits per heavy atom. The van der Waals surface area contributed by atoms with Gasteiger partial charge in [0.05, 0.1) is 7.11 Å². The molecule has 0 saturated heterocycles. The first-order valence-electron chi connectivity index (χ1n) is 6.79. The van der Waals surface area contributed by atoms with Crippen LogP contribution in [0.1, 0.15) is 18.9 Å². The lowest BCUT2D eigenvalue weighted by molar-refractivity contribution is -0.143. The van der Waals surface area contributed by atoms with Gasteiger partial charge in [0.15, 0.2) is 0 Å². The molecular formula is C17H19NO3. The molecule has 0 heterocycles. The topological polar surface area (TPSA) is 72.6 Å². The highest BCUT2D eigenvalue weighted by Crippen LogP contribution is 2.34. The van der Waals surface area contributed by atoms with Crippen molar-refractivity contribution < 1.29 is 14.6 Å². The molecule has 2 aromatic rings. The predicted molar refractivity (Wildman–Crippen MR) is 82.2 cm³/mol. The van der Waals surface area contributed by atoms with E-state index in [0.717, 1.165) is 11.1 Å². The standard InChI is InChI=1S/C17H19NO3/c1-3-17(18,16(19)20)14-11-13(9-10-15(14)21-2)12-7-5-4-6-8-12/h4-11H,3,18H2,1-2H3,(H,19,20). The number of aliphatic carboxylic acids is 1. The molecule has 0 radical (unpaired) electrons. The van der Waals surface area contributed by atoms with Crippen molar-refractivity contribution in [1.29, 1.82) is 0 Å². The van der Waals surface area contributed by atoms with E-state index >= 15 is 0 Å². The SMILES string of the molecule is CCC(N)(C(=O)O)c1cc(-c2ccccc2)ccc1OC. The lowest BCUT2D eigenvalue weighted by Gasteiger charge is -2.26. The van der Waals surface area contributed by atoms with E-state index in [-0.39, 0.29) is 6.42 Å². The zero-order chi connectivity index (χ0) is 15.5. The number of hydrogen-bond acceptors (Lipinski definition) is 3. The summed E-state index contributed by atoms with van der Waals surface area (Å²) in [5.74, 6) is -0.574. The van der Waals surface area contributed by atoms with Crippen molar-refractivity contribution in [3.8, 4) is 16.9 Å². The number of hydrogen-bond donors (Lipinski definition) is 2. The van der Waals surface area contributed by atoms with Crippen LogP contribution >= 0.6 is 0 Å². The Morgan fingerprint density at radius 2 is 1.86 bits per heavy atom. The molecule has 0 aromatic heterocycles. The van der Waals surface area contributed by atoms with Crippen molar-refractivity contribution in [1.82, 2.24) is 0 Å². The summed E-state index contributed by atoms with van der Waals surface area (Å²) in [6.45, 7) is 1.75. The average molecular weight is 285 g/mol. The van der Waals surface area contributed by atoms with Crippen molar-refractivity contribution in [2.45, 2.75) is 18.9 Å². The normalized spacial score (nSPS) is 13.5. The van der Waals surface area contributed by atoms with Crippen LogP contribution in [0, 0.1) is 0 Å². The summed E-state index contributed by atoms with van der Waals surface area (Å²) < 4.78 is 5.29. The maximum atomic E-state index is 11.6. The number of ether oxygens (including phenoxy) is 1. The zero-order valence-corrected chi connectivity index (χ0v) is 12.2. The highest BCUT2D eigenvalue weighted by atomic mass is 16.5. The van der Waals surface area contributed by atoms with Crippen LogP contribution in [0.4, 0.5) is 0 Å². The van der Waals surface area contributed by atoms with Gasteiger partial charge in [-0.05, 0) is 29.7 Å². The first-order chi connectivity index (χ1) is 10.0. The zero-order valence-electron chi connectivity index (χ0n) is 12.2. The van der Waals surface area contributed by atoms with E-state index in [1.165, 1.54) is 7.11 Å². The number of carboxylic acid groups (broad SMARTS) is 1. The number of nitrogens with two attached hydrogens (primary N) is 1. The molecule has 2 rings (SSSR count). The molecule has 3 N–H and O–H groups in total. The first-order valence-corrected chi connectivity index (χ1v) is 6.79. The second-order valence-corrected chi connectivity index (χ2v) is 4.91. The lowest BCUT2D eigenvalue weighted by atomic mass is 9.86. The second kappa shape index (κ2) is 5.97. The molecule has 0 aliphatic carbocycles. The van der Waals surface area contributed by atoms with Crippen LogP contribution in [0.5, 0.6) is 5.75 Å². The molecule has 1 unspecified atom stereocenters. The summed E-state index contributed by atoms with van der Waals surface area (Å²) in [7, 11) is 1.51. The highest BCUT2D eigenvalue weighted by molar-refractivity contribution is 5.82. The van der Waals surface area contributed by atoms with Gasteiger partial charge in [0, 0.05) is 5.56 Å². The van der Waals surface area contributed by atoms with Gasteiger partial charge in [-0.2, -0.15) is 0 Å². The number of carboxylic acids is 1. The van der Waals surface area contributed by atoms with Gasteiger partial charge in [-0.1, -0.05) is 43.3 Å². The van der Waals surface area contributed by atoms with E-state index in [0.29, 0.717) is 11.3 Å². The molecule has 0 fully saturated rings. The fourth-order valence-corrected chi connectivity index (χ4v) is 2.32. The Labute approximate surface area is 124 Å². The Morgan fingerprint density at radius 1 is 1.19 bits per heavy atom. The summed E-state index contributed by atoms with van der Waals surface area (Å²) >= 11 is 0. The third-order valence-electron chi connectivity index (χ3n) is 3.73. The fraction of sp³-hybridized carbons (Fsp3) is 0.235. The van der Waals surface area contributed by atoms with E-state index in [1.807, 2.05) is 36.4 Å². The minimum atomic E-state index is -1.46. The van der Waals surface area contributed by atoms with Gasteiger partial charge < -0.3 is 15.6 Å². The monoisotopic (exact) mass is 285 g/mol. The molecule has 21 heavy (non-hydrogen) atoms. The Hall–Kier alpha value is -2.33. The number of benzene rings is 2. The van der Waals surface area contributed by atoms with Crippen molar-refractivity contribution in [3.63, 3.8) is 0 Å². The molecular weight excluding hydrogens is 266 g/mol. The van der Waals surface area contributed by atoms with Crippen molar-refractivity contribution in [2.75, 3.05) is 7.11 Å².